The van der Waals surface area contributed by atoms with E-state index in [1.807, 2.05) is 0 Å². The van der Waals surface area contributed by atoms with Crippen molar-refractivity contribution in [2.24, 2.45) is 11.8 Å². The highest BCUT2D eigenvalue weighted by Crippen LogP contribution is 2.25. The Hall–Kier alpha value is -1.63. The lowest BCUT2D eigenvalue weighted by atomic mass is 9.90. The zero-order chi connectivity index (χ0) is 13.0. The molecule has 0 unspecified atom stereocenters. The predicted molar refractivity (Wildman–Crippen MR) is 54.8 cm³/mol. The van der Waals surface area contributed by atoms with Crippen molar-refractivity contribution in [3.05, 3.63) is 0 Å². The number of esters is 3. The van der Waals surface area contributed by atoms with Gasteiger partial charge in [0.05, 0.1) is 33.2 Å². The lowest BCUT2D eigenvalue weighted by Crippen LogP contribution is -2.42. The fourth-order valence-corrected chi connectivity index (χ4v) is 1.91. The van der Waals surface area contributed by atoms with Crippen LogP contribution in [0.1, 0.15) is 0 Å². The average molecular weight is 245 g/mol. The number of carbonyl (C=O) groups is 3. The molecule has 17 heavy (non-hydrogen) atoms. The van der Waals surface area contributed by atoms with Crippen LogP contribution in [0.3, 0.4) is 0 Å². The second-order valence-electron chi connectivity index (χ2n) is 3.59. The minimum absolute atomic E-state index is 0.173. The maximum absolute atomic E-state index is 11.6. The van der Waals surface area contributed by atoms with Crippen LogP contribution in [-0.2, 0) is 28.6 Å². The van der Waals surface area contributed by atoms with Gasteiger partial charge in [0.25, 0.3) is 0 Å². The number of hydrogen-bond donors (Lipinski definition) is 1. The highest BCUT2D eigenvalue weighted by molar-refractivity contribution is 5.90. The lowest BCUT2D eigenvalue weighted by molar-refractivity contribution is -0.159. The van der Waals surface area contributed by atoms with Gasteiger partial charge in [-0.1, -0.05) is 0 Å². The zero-order valence-corrected chi connectivity index (χ0v) is 9.89. The van der Waals surface area contributed by atoms with Gasteiger partial charge in [-0.05, 0) is 0 Å². The molecule has 0 bridgehead atoms. The maximum atomic E-state index is 11.6. The predicted octanol–water partition coefficient (Wildman–Crippen LogP) is -1.29. The highest BCUT2D eigenvalue weighted by atomic mass is 16.5. The molecule has 0 saturated carbocycles. The molecule has 0 amide bonds. The largest absolute Gasteiger partial charge is 0.469 e. The van der Waals surface area contributed by atoms with E-state index >= 15 is 0 Å². The molecule has 96 valence electrons. The summed E-state index contributed by atoms with van der Waals surface area (Å²) in [6.45, 7) is 0.173. The van der Waals surface area contributed by atoms with Gasteiger partial charge in [-0.2, -0.15) is 0 Å². The summed E-state index contributed by atoms with van der Waals surface area (Å²) in [6, 6.07) is -0.878. The summed E-state index contributed by atoms with van der Waals surface area (Å²) >= 11 is 0. The Bertz CT molecular complexity index is 305. The molecular formula is C10H15NO6. The summed E-state index contributed by atoms with van der Waals surface area (Å²) in [6.07, 6.45) is 0. The standard InChI is InChI=1S/C10H15NO6/c1-15-8(12)5-4-11-7(10(14)17-3)6(5)9(13)16-2/h5-7,11H,4H2,1-3H3/t5-,6-,7+/m1/s1. The van der Waals surface area contributed by atoms with Crippen molar-refractivity contribution in [1.29, 1.82) is 0 Å². The van der Waals surface area contributed by atoms with Crippen molar-refractivity contribution in [1.82, 2.24) is 5.32 Å². The zero-order valence-electron chi connectivity index (χ0n) is 9.89. The Labute approximate surface area is 98.4 Å². The van der Waals surface area contributed by atoms with Gasteiger partial charge >= 0.3 is 17.9 Å². The van der Waals surface area contributed by atoms with E-state index < -0.39 is 35.8 Å². The van der Waals surface area contributed by atoms with Crippen molar-refractivity contribution >= 4 is 17.9 Å². The van der Waals surface area contributed by atoms with Crippen molar-refractivity contribution in [2.45, 2.75) is 6.04 Å². The molecule has 0 aliphatic carbocycles. The Morgan fingerprint density at radius 3 is 1.94 bits per heavy atom. The molecule has 1 aliphatic rings. The highest BCUT2D eigenvalue weighted by Gasteiger charge is 2.49. The van der Waals surface area contributed by atoms with Gasteiger partial charge < -0.3 is 19.5 Å². The van der Waals surface area contributed by atoms with E-state index in [1.54, 1.807) is 0 Å². The molecule has 0 radical (unpaired) electrons. The summed E-state index contributed by atoms with van der Waals surface area (Å²) in [7, 11) is 3.63. The Kier molecular flexibility index (Phi) is 4.45. The van der Waals surface area contributed by atoms with E-state index in [4.69, 9.17) is 0 Å². The molecule has 1 fully saturated rings. The smallest absolute Gasteiger partial charge is 0.323 e. The fraction of sp³-hybridized carbons (Fsp3) is 0.700. The Morgan fingerprint density at radius 1 is 0.941 bits per heavy atom. The number of carbonyl (C=O) groups excluding carboxylic acids is 3. The molecule has 3 atom stereocenters. The molecule has 7 heteroatoms. The third kappa shape index (κ3) is 2.55. The molecule has 0 aromatic heterocycles. The molecule has 0 spiro atoms. The van der Waals surface area contributed by atoms with Crippen molar-refractivity contribution in [3.8, 4) is 0 Å². The van der Waals surface area contributed by atoms with Crippen LogP contribution in [0.5, 0.6) is 0 Å². The Morgan fingerprint density at radius 2 is 1.47 bits per heavy atom. The van der Waals surface area contributed by atoms with Crippen LogP contribution < -0.4 is 5.32 Å². The van der Waals surface area contributed by atoms with Gasteiger partial charge in [0.15, 0.2) is 0 Å². The Balaban J connectivity index is 2.93. The van der Waals surface area contributed by atoms with Gasteiger partial charge in [-0.3, -0.25) is 14.4 Å². The van der Waals surface area contributed by atoms with Crippen LogP contribution in [0.25, 0.3) is 0 Å². The first-order valence-electron chi connectivity index (χ1n) is 5.03. The second kappa shape index (κ2) is 5.62. The van der Waals surface area contributed by atoms with Gasteiger partial charge in [0, 0.05) is 6.54 Å². The molecular weight excluding hydrogens is 230 g/mol. The molecule has 0 aromatic rings. The van der Waals surface area contributed by atoms with E-state index in [0.29, 0.717) is 0 Å². The average Bonchev–Trinajstić information content (AvgIpc) is 2.80. The summed E-state index contributed by atoms with van der Waals surface area (Å²) in [5.74, 6) is -3.46. The SMILES string of the molecule is COC(=O)[C@H]1[C@@H](C(=O)OC)NC[C@H]1C(=O)OC. The molecule has 1 saturated heterocycles. The van der Waals surface area contributed by atoms with E-state index in [-0.39, 0.29) is 6.54 Å². The van der Waals surface area contributed by atoms with E-state index in [2.05, 4.69) is 19.5 Å². The van der Waals surface area contributed by atoms with Gasteiger partial charge in [-0.25, -0.2) is 0 Å². The molecule has 1 N–H and O–H groups in total. The molecule has 7 nitrogen and oxygen atoms in total. The van der Waals surface area contributed by atoms with Gasteiger partial charge in [-0.15, -0.1) is 0 Å². The van der Waals surface area contributed by atoms with Crippen LogP contribution in [-0.4, -0.2) is 51.8 Å². The van der Waals surface area contributed by atoms with Crippen LogP contribution in [0.15, 0.2) is 0 Å². The first-order valence-corrected chi connectivity index (χ1v) is 5.03. The van der Waals surface area contributed by atoms with E-state index in [9.17, 15) is 14.4 Å². The second-order valence-corrected chi connectivity index (χ2v) is 3.59. The normalized spacial score (nSPS) is 27.4. The third-order valence-corrected chi connectivity index (χ3v) is 2.78. The molecule has 1 heterocycles. The summed E-state index contributed by atoms with van der Waals surface area (Å²) in [5.41, 5.74) is 0. The fourth-order valence-electron chi connectivity index (χ4n) is 1.91. The van der Waals surface area contributed by atoms with Gasteiger partial charge in [0.2, 0.25) is 0 Å². The number of nitrogens with one attached hydrogen (secondary N) is 1. The van der Waals surface area contributed by atoms with Crippen LogP contribution in [0.2, 0.25) is 0 Å². The van der Waals surface area contributed by atoms with Crippen molar-refractivity contribution in [3.63, 3.8) is 0 Å². The minimum Gasteiger partial charge on any atom is -0.469 e. The molecule has 1 aliphatic heterocycles. The topological polar surface area (TPSA) is 90.9 Å². The third-order valence-electron chi connectivity index (χ3n) is 2.78. The quantitative estimate of drug-likeness (QED) is 0.488. The van der Waals surface area contributed by atoms with Crippen molar-refractivity contribution in [2.75, 3.05) is 27.9 Å². The molecule has 1 rings (SSSR count). The summed E-state index contributed by atoms with van der Waals surface area (Å²) < 4.78 is 13.7. The van der Waals surface area contributed by atoms with Gasteiger partial charge in [0.1, 0.15) is 6.04 Å². The number of ether oxygens (including phenoxy) is 3. The first kappa shape index (κ1) is 13.4. The number of rotatable bonds is 3. The van der Waals surface area contributed by atoms with Crippen LogP contribution >= 0.6 is 0 Å². The van der Waals surface area contributed by atoms with Crippen LogP contribution in [0.4, 0.5) is 0 Å². The van der Waals surface area contributed by atoms with Crippen LogP contribution in [0, 0.1) is 11.8 Å². The number of methoxy groups -OCH3 is 3. The minimum atomic E-state index is -0.917. The molecule has 0 aromatic carbocycles. The van der Waals surface area contributed by atoms with E-state index in [0.717, 1.165) is 0 Å². The summed E-state index contributed by atoms with van der Waals surface area (Å²) in [5, 5.41) is 2.76. The van der Waals surface area contributed by atoms with Crippen molar-refractivity contribution < 1.29 is 28.6 Å². The first-order chi connectivity index (χ1) is 8.06. The van der Waals surface area contributed by atoms with E-state index in [1.165, 1.54) is 21.3 Å². The monoisotopic (exact) mass is 245 g/mol. The number of hydrogen-bond acceptors (Lipinski definition) is 7. The summed E-state index contributed by atoms with van der Waals surface area (Å²) in [4.78, 5) is 34.5. The lowest BCUT2D eigenvalue weighted by Gasteiger charge is -2.18. The maximum Gasteiger partial charge on any atom is 0.323 e.